The number of aromatic nitrogens is 1. The molecule has 1 heterocycles. The number of rotatable bonds is 6. The number of aryl methyl sites for hydroxylation is 3. The van der Waals surface area contributed by atoms with Gasteiger partial charge in [0.1, 0.15) is 11.6 Å². The van der Waals surface area contributed by atoms with Crippen LogP contribution in [0, 0.1) is 20.8 Å². The Balaban J connectivity index is 1.52. The van der Waals surface area contributed by atoms with Crippen LogP contribution in [0.1, 0.15) is 16.7 Å². The zero-order chi connectivity index (χ0) is 19.2. The van der Waals surface area contributed by atoms with Crippen molar-refractivity contribution in [2.75, 3.05) is 17.2 Å². The zero-order valence-electron chi connectivity index (χ0n) is 15.7. The molecular weight excluding hydrogens is 338 g/mol. The number of benzene rings is 2. The lowest BCUT2D eigenvalue weighted by Gasteiger charge is -2.10. The third kappa shape index (κ3) is 5.31. The molecular formula is C22H23N3O2. The van der Waals surface area contributed by atoms with Crippen LogP contribution in [-0.4, -0.2) is 17.5 Å². The van der Waals surface area contributed by atoms with Gasteiger partial charge in [-0.15, -0.1) is 0 Å². The highest BCUT2D eigenvalue weighted by atomic mass is 16.5. The number of hydrogen-bond acceptors (Lipinski definition) is 4. The Morgan fingerprint density at radius 3 is 2.33 bits per heavy atom. The first-order valence-electron chi connectivity index (χ1n) is 8.79. The SMILES string of the molecule is Cc1ccc(OCC(=O)Nc2ccc(Nc3ccc(C)c(C)c3)nc2)cc1. The Kier molecular flexibility index (Phi) is 5.71. The first-order chi connectivity index (χ1) is 13.0. The van der Waals surface area contributed by atoms with Crippen LogP contribution in [0.15, 0.2) is 60.8 Å². The molecule has 0 saturated heterocycles. The molecule has 5 heteroatoms. The van der Waals surface area contributed by atoms with E-state index in [0.717, 1.165) is 11.3 Å². The fraction of sp³-hybridized carbons (Fsp3) is 0.182. The van der Waals surface area contributed by atoms with Gasteiger partial charge in [-0.1, -0.05) is 23.8 Å². The Labute approximate surface area is 159 Å². The van der Waals surface area contributed by atoms with Gasteiger partial charge in [0, 0.05) is 5.69 Å². The van der Waals surface area contributed by atoms with Crippen molar-refractivity contribution in [3.05, 3.63) is 77.5 Å². The van der Waals surface area contributed by atoms with Gasteiger partial charge in [-0.2, -0.15) is 0 Å². The van der Waals surface area contributed by atoms with Crippen LogP contribution in [0.2, 0.25) is 0 Å². The van der Waals surface area contributed by atoms with E-state index in [4.69, 9.17) is 4.74 Å². The molecule has 0 aliphatic carbocycles. The van der Waals surface area contributed by atoms with Crippen molar-refractivity contribution in [3.8, 4) is 5.75 Å². The molecule has 0 aliphatic heterocycles. The minimum Gasteiger partial charge on any atom is -0.484 e. The third-order valence-electron chi connectivity index (χ3n) is 4.22. The topological polar surface area (TPSA) is 63.2 Å². The molecule has 3 aromatic rings. The highest BCUT2D eigenvalue weighted by molar-refractivity contribution is 5.91. The number of hydrogen-bond donors (Lipinski definition) is 2. The summed E-state index contributed by atoms with van der Waals surface area (Å²) >= 11 is 0. The maximum Gasteiger partial charge on any atom is 0.262 e. The van der Waals surface area contributed by atoms with Crippen molar-refractivity contribution < 1.29 is 9.53 Å². The largest absolute Gasteiger partial charge is 0.484 e. The van der Waals surface area contributed by atoms with Crippen molar-refractivity contribution in [2.24, 2.45) is 0 Å². The van der Waals surface area contributed by atoms with Crippen molar-refractivity contribution in [3.63, 3.8) is 0 Å². The zero-order valence-corrected chi connectivity index (χ0v) is 15.7. The number of nitrogens with one attached hydrogen (secondary N) is 2. The van der Waals surface area contributed by atoms with E-state index in [1.165, 1.54) is 11.1 Å². The van der Waals surface area contributed by atoms with Gasteiger partial charge in [-0.05, 0) is 68.3 Å². The molecule has 1 aromatic heterocycles. The van der Waals surface area contributed by atoms with E-state index in [2.05, 4.69) is 41.6 Å². The first kappa shape index (κ1) is 18.5. The number of nitrogens with zero attached hydrogens (tertiary/aromatic N) is 1. The van der Waals surface area contributed by atoms with Crippen LogP contribution in [0.25, 0.3) is 0 Å². The second-order valence-corrected chi connectivity index (χ2v) is 6.51. The molecule has 0 saturated carbocycles. The quantitative estimate of drug-likeness (QED) is 0.664. The molecule has 0 radical (unpaired) electrons. The maximum atomic E-state index is 12.0. The summed E-state index contributed by atoms with van der Waals surface area (Å²) in [6.07, 6.45) is 1.62. The number of carbonyl (C=O) groups excluding carboxylic acids is 1. The molecule has 27 heavy (non-hydrogen) atoms. The Morgan fingerprint density at radius 1 is 0.926 bits per heavy atom. The summed E-state index contributed by atoms with van der Waals surface area (Å²) in [7, 11) is 0. The second kappa shape index (κ2) is 8.36. The number of ether oxygens (including phenoxy) is 1. The molecule has 2 aromatic carbocycles. The van der Waals surface area contributed by atoms with Gasteiger partial charge in [-0.25, -0.2) is 4.98 Å². The Morgan fingerprint density at radius 2 is 1.67 bits per heavy atom. The molecule has 0 atom stereocenters. The summed E-state index contributed by atoms with van der Waals surface area (Å²) in [4.78, 5) is 16.4. The van der Waals surface area contributed by atoms with Gasteiger partial charge in [0.05, 0.1) is 11.9 Å². The highest BCUT2D eigenvalue weighted by Crippen LogP contribution is 2.19. The molecule has 5 nitrogen and oxygen atoms in total. The summed E-state index contributed by atoms with van der Waals surface area (Å²) < 4.78 is 5.47. The van der Waals surface area contributed by atoms with E-state index in [-0.39, 0.29) is 12.5 Å². The van der Waals surface area contributed by atoms with Crippen LogP contribution >= 0.6 is 0 Å². The standard InChI is InChI=1S/C22H23N3O2/c1-15-4-9-20(10-5-15)27-14-22(26)25-19-8-11-21(23-13-19)24-18-7-6-16(2)17(3)12-18/h4-13H,14H2,1-3H3,(H,23,24)(H,25,26). The molecule has 0 unspecified atom stereocenters. The van der Waals surface area contributed by atoms with Crippen LogP contribution < -0.4 is 15.4 Å². The molecule has 0 fully saturated rings. The molecule has 0 spiro atoms. The van der Waals surface area contributed by atoms with E-state index in [1.54, 1.807) is 12.3 Å². The number of anilines is 3. The van der Waals surface area contributed by atoms with Gasteiger partial charge in [0.15, 0.2) is 6.61 Å². The molecule has 0 aliphatic rings. The summed E-state index contributed by atoms with van der Waals surface area (Å²) in [5.41, 5.74) is 5.22. The molecule has 3 rings (SSSR count). The number of amides is 1. The summed E-state index contributed by atoms with van der Waals surface area (Å²) in [6.45, 7) is 6.11. The lowest BCUT2D eigenvalue weighted by Crippen LogP contribution is -2.20. The third-order valence-corrected chi connectivity index (χ3v) is 4.22. The maximum absolute atomic E-state index is 12.0. The van der Waals surface area contributed by atoms with Crippen molar-refractivity contribution in [1.82, 2.24) is 4.98 Å². The highest BCUT2D eigenvalue weighted by Gasteiger charge is 2.05. The lowest BCUT2D eigenvalue weighted by atomic mass is 10.1. The van der Waals surface area contributed by atoms with Crippen molar-refractivity contribution in [2.45, 2.75) is 20.8 Å². The Hall–Kier alpha value is -3.34. The monoisotopic (exact) mass is 361 g/mol. The summed E-state index contributed by atoms with van der Waals surface area (Å²) in [6, 6.07) is 17.4. The predicted octanol–water partition coefficient (Wildman–Crippen LogP) is 4.77. The predicted molar refractivity (Wildman–Crippen MR) is 109 cm³/mol. The summed E-state index contributed by atoms with van der Waals surface area (Å²) in [5.74, 6) is 1.15. The van der Waals surface area contributed by atoms with E-state index in [9.17, 15) is 4.79 Å². The minimum atomic E-state index is -0.229. The molecule has 0 bridgehead atoms. The second-order valence-electron chi connectivity index (χ2n) is 6.51. The minimum absolute atomic E-state index is 0.0499. The average Bonchev–Trinajstić information content (AvgIpc) is 2.66. The van der Waals surface area contributed by atoms with Gasteiger partial charge in [0.25, 0.3) is 5.91 Å². The normalized spacial score (nSPS) is 10.3. The van der Waals surface area contributed by atoms with Crippen LogP contribution in [0.5, 0.6) is 5.75 Å². The van der Waals surface area contributed by atoms with E-state index < -0.39 is 0 Å². The fourth-order valence-electron chi connectivity index (χ4n) is 2.49. The smallest absolute Gasteiger partial charge is 0.262 e. The van der Waals surface area contributed by atoms with Crippen LogP contribution in [0.4, 0.5) is 17.2 Å². The van der Waals surface area contributed by atoms with Crippen molar-refractivity contribution in [1.29, 1.82) is 0 Å². The number of pyridine rings is 1. The Bertz CT molecular complexity index is 919. The van der Waals surface area contributed by atoms with E-state index >= 15 is 0 Å². The lowest BCUT2D eigenvalue weighted by molar-refractivity contribution is -0.118. The fourth-order valence-corrected chi connectivity index (χ4v) is 2.49. The number of carbonyl (C=O) groups is 1. The average molecular weight is 361 g/mol. The molecule has 2 N–H and O–H groups in total. The van der Waals surface area contributed by atoms with E-state index in [0.29, 0.717) is 17.3 Å². The van der Waals surface area contributed by atoms with Crippen molar-refractivity contribution >= 4 is 23.1 Å². The summed E-state index contributed by atoms with van der Waals surface area (Å²) in [5, 5.41) is 6.03. The molecule has 138 valence electrons. The van der Waals surface area contributed by atoms with Gasteiger partial charge < -0.3 is 15.4 Å². The van der Waals surface area contributed by atoms with Gasteiger partial charge >= 0.3 is 0 Å². The van der Waals surface area contributed by atoms with Crippen LogP contribution in [-0.2, 0) is 4.79 Å². The van der Waals surface area contributed by atoms with Gasteiger partial charge in [0.2, 0.25) is 0 Å². The molecule has 1 amide bonds. The van der Waals surface area contributed by atoms with Gasteiger partial charge in [-0.3, -0.25) is 4.79 Å². The first-order valence-corrected chi connectivity index (χ1v) is 8.79. The van der Waals surface area contributed by atoms with E-state index in [1.807, 2.05) is 43.3 Å². The van der Waals surface area contributed by atoms with Crippen LogP contribution in [0.3, 0.4) is 0 Å².